The van der Waals surface area contributed by atoms with Crippen molar-refractivity contribution in [1.29, 1.82) is 0 Å². The van der Waals surface area contributed by atoms with Gasteiger partial charge >= 0.3 is 0 Å². The van der Waals surface area contributed by atoms with Gasteiger partial charge in [-0.15, -0.1) is 0 Å². The van der Waals surface area contributed by atoms with Gasteiger partial charge in [0.25, 0.3) is 0 Å². The number of sulfonamides is 1. The zero-order valence-corrected chi connectivity index (χ0v) is 26.1. The zero-order chi connectivity index (χ0) is 29.6. The number of benzene rings is 1. The lowest BCUT2D eigenvalue weighted by molar-refractivity contribution is 0.277. The second kappa shape index (κ2) is 11.4. The van der Waals surface area contributed by atoms with E-state index in [0.717, 1.165) is 49.7 Å². The number of hydrogen-bond acceptors (Lipinski definition) is 8. The van der Waals surface area contributed by atoms with Crippen LogP contribution >= 0.6 is 0 Å². The number of rotatable bonds is 6. The number of hydrogen-bond donors (Lipinski definition) is 2. The zero-order valence-electron chi connectivity index (χ0n) is 25.2. The van der Waals surface area contributed by atoms with Crippen molar-refractivity contribution in [2.24, 2.45) is 5.73 Å². The molecule has 4 N–H and O–H groups in total. The molecule has 0 radical (unpaired) electrons. The maximum Gasteiger partial charge on any atom is 0.243 e. The molecule has 42 heavy (non-hydrogen) atoms. The van der Waals surface area contributed by atoms with E-state index in [4.69, 9.17) is 21.4 Å². The summed E-state index contributed by atoms with van der Waals surface area (Å²) in [5.74, 6) is 1.04. The third kappa shape index (κ3) is 5.63. The van der Waals surface area contributed by atoms with Crippen molar-refractivity contribution in [2.45, 2.75) is 119 Å². The van der Waals surface area contributed by atoms with E-state index in [-0.39, 0.29) is 23.5 Å². The molecule has 0 bridgehead atoms. The number of aromatic nitrogens is 4. The predicted molar refractivity (Wildman–Crippen MR) is 167 cm³/mol. The summed E-state index contributed by atoms with van der Waals surface area (Å²) in [4.78, 5) is 17.2. The lowest BCUT2D eigenvalue weighted by Gasteiger charge is -2.44. The van der Waals surface area contributed by atoms with Gasteiger partial charge in [0.1, 0.15) is 5.52 Å². The Balaban J connectivity index is 1.26. The molecule has 1 saturated heterocycles. The average Bonchev–Trinajstić information content (AvgIpc) is 3.65. The Morgan fingerprint density at radius 1 is 0.881 bits per heavy atom. The molecule has 2 aliphatic carbocycles. The molecule has 0 atom stereocenters. The fourth-order valence-electron chi connectivity index (χ4n) is 7.13. The molecule has 2 aromatic heterocycles. The van der Waals surface area contributed by atoms with Crippen LogP contribution in [0.25, 0.3) is 11.2 Å². The molecular formula is C31H46N8O2S. The second-order valence-corrected chi connectivity index (χ2v) is 15.5. The molecule has 6 rings (SSSR count). The van der Waals surface area contributed by atoms with Gasteiger partial charge in [-0.05, 0) is 74.5 Å². The highest BCUT2D eigenvalue weighted by Gasteiger charge is 2.37. The summed E-state index contributed by atoms with van der Waals surface area (Å²) in [6.45, 7) is 7.29. The van der Waals surface area contributed by atoms with E-state index < -0.39 is 10.0 Å². The van der Waals surface area contributed by atoms with E-state index in [2.05, 4.69) is 35.2 Å². The lowest BCUT2D eigenvalue weighted by Crippen LogP contribution is -2.52. The van der Waals surface area contributed by atoms with Gasteiger partial charge in [0, 0.05) is 37.3 Å². The number of nitrogen functional groups attached to an aromatic ring is 1. The molecule has 0 spiro atoms. The molecule has 11 heteroatoms. The standard InChI is InChI=1S/C31H46N8O2S/c1-31(2,3)21-8-14-26(15-9-21)42(40,41)37-18-16-25(17-19-37)39(24-12-10-22(32)11-13-24)30-35-28(33)27-29(36-30)38(20-34-27)23-6-4-5-7-23/h8-9,14-15,20,22-25H,4-7,10-13,16-19,32H2,1-3H3,(H2,33,35,36)/t22-,24-. The Bertz CT molecular complexity index is 1490. The van der Waals surface area contributed by atoms with Gasteiger partial charge in [0.05, 0.1) is 11.2 Å². The van der Waals surface area contributed by atoms with Crippen molar-refractivity contribution in [3.05, 3.63) is 36.2 Å². The summed E-state index contributed by atoms with van der Waals surface area (Å²) in [7, 11) is -3.58. The van der Waals surface area contributed by atoms with Crippen LogP contribution in [0.1, 0.15) is 96.6 Å². The molecule has 3 aliphatic rings. The predicted octanol–water partition coefficient (Wildman–Crippen LogP) is 4.75. The molecule has 0 unspecified atom stereocenters. The van der Waals surface area contributed by atoms with E-state index in [1.807, 2.05) is 18.5 Å². The monoisotopic (exact) mass is 594 g/mol. The summed E-state index contributed by atoms with van der Waals surface area (Å²) in [6.07, 6.45) is 11.8. The van der Waals surface area contributed by atoms with Crippen LogP contribution in [0.5, 0.6) is 0 Å². The Kier molecular flexibility index (Phi) is 7.95. The van der Waals surface area contributed by atoms with Crippen LogP contribution in [0.2, 0.25) is 0 Å². The third-order valence-electron chi connectivity index (χ3n) is 9.70. The number of fused-ring (bicyclic) bond motifs is 1. The van der Waals surface area contributed by atoms with Gasteiger partial charge in [-0.2, -0.15) is 14.3 Å². The van der Waals surface area contributed by atoms with Crippen molar-refractivity contribution in [2.75, 3.05) is 23.7 Å². The highest BCUT2D eigenvalue weighted by Crippen LogP contribution is 2.36. The molecule has 10 nitrogen and oxygen atoms in total. The molecule has 2 saturated carbocycles. The fourth-order valence-corrected chi connectivity index (χ4v) is 8.60. The van der Waals surface area contributed by atoms with Gasteiger partial charge in [0.2, 0.25) is 16.0 Å². The largest absolute Gasteiger partial charge is 0.382 e. The van der Waals surface area contributed by atoms with Crippen molar-refractivity contribution in [1.82, 2.24) is 23.8 Å². The Labute approximate surface area is 249 Å². The highest BCUT2D eigenvalue weighted by molar-refractivity contribution is 7.89. The summed E-state index contributed by atoms with van der Waals surface area (Å²) in [5, 5.41) is 0. The van der Waals surface area contributed by atoms with Gasteiger partial charge in [0.15, 0.2) is 11.5 Å². The maximum absolute atomic E-state index is 13.6. The van der Waals surface area contributed by atoms with Crippen LogP contribution in [0.15, 0.2) is 35.5 Å². The minimum absolute atomic E-state index is 0.0313. The molecule has 0 amide bonds. The number of anilines is 2. The van der Waals surface area contributed by atoms with Gasteiger partial charge in [-0.3, -0.25) is 0 Å². The van der Waals surface area contributed by atoms with Crippen LogP contribution in [0.3, 0.4) is 0 Å². The topological polar surface area (TPSA) is 136 Å². The number of piperidine rings is 1. The molecule has 228 valence electrons. The highest BCUT2D eigenvalue weighted by atomic mass is 32.2. The van der Waals surface area contributed by atoms with Crippen LogP contribution in [-0.4, -0.2) is 63.5 Å². The van der Waals surface area contributed by atoms with Gasteiger partial charge in [-0.1, -0.05) is 45.7 Å². The summed E-state index contributed by atoms with van der Waals surface area (Å²) in [6, 6.07) is 8.33. The minimum atomic E-state index is -3.58. The van der Waals surface area contributed by atoms with Crippen molar-refractivity contribution >= 4 is 33.0 Å². The van der Waals surface area contributed by atoms with E-state index >= 15 is 0 Å². The van der Waals surface area contributed by atoms with Crippen LogP contribution in [0.4, 0.5) is 11.8 Å². The number of nitrogens with two attached hydrogens (primary N) is 2. The first-order valence-corrected chi connectivity index (χ1v) is 17.1. The molecule has 3 heterocycles. The van der Waals surface area contributed by atoms with E-state index in [1.54, 1.807) is 16.4 Å². The van der Waals surface area contributed by atoms with Crippen LogP contribution in [-0.2, 0) is 15.4 Å². The first-order chi connectivity index (χ1) is 20.0. The summed E-state index contributed by atoms with van der Waals surface area (Å²) >= 11 is 0. The Hall–Kier alpha value is -2.76. The summed E-state index contributed by atoms with van der Waals surface area (Å²) in [5.41, 5.74) is 15.4. The minimum Gasteiger partial charge on any atom is -0.382 e. The first-order valence-electron chi connectivity index (χ1n) is 15.7. The first kappa shape index (κ1) is 29.3. The Morgan fingerprint density at radius 3 is 2.12 bits per heavy atom. The lowest BCUT2D eigenvalue weighted by atomic mass is 9.87. The van der Waals surface area contributed by atoms with Gasteiger partial charge in [-0.25, -0.2) is 13.4 Å². The third-order valence-corrected chi connectivity index (χ3v) is 11.6. The fraction of sp³-hybridized carbons (Fsp3) is 0.645. The second-order valence-electron chi connectivity index (χ2n) is 13.6. The van der Waals surface area contributed by atoms with E-state index in [0.29, 0.717) is 54.2 Å². The van der Waals surface area contributed by atoms with Crippen LogP contribution in [0, 0.1) is 0 Å². The van der Waals surface area contributed by atoms with E-state index in [9.17, 15) is 8.42 Å². The van der Waals surface area contributed by atoms with Crippen molar-refractivity contribution in [3.8, 4) is 0 Å². The van der Waals surface area contributed by atoms with Crippen molar-refractivity contribution in [3.63, 3.8) is 0 Å². The molecule has 1 aromatic carbocycles. The smallest absolute Gasteiger partial charge is 0.243 e. The van der Waals surface area contributed by atoms with Crippen LogP contribution < -0.4 is 16.4 Å². The quantitative estimate of drug-likeness (QED) is 0.417. The number of nitrogens with zero attached hydrogens (tertiary/aromatic N) is 6. The number of imidazole rings is 1. The van der Waals surface area contributed by atoms with E-state index in [1.165, 1.54) is 12.8 Å². The maximum atomic E-state index is 13.6. The normalized spacial score (nSPS) is 23.5. The molecule has 3 fully saturated rings. The molecular weight excluding hydrogens is 548 g/mol. The summed E-state index contributed by atoms with van der Waals surface area (Å²) < 4.78 is 31.0. The average molecular weight is 595 g/mol. The molecule has 1 aliphatic heterocycles. The molecule has 3 aromatic rings. The Morgan fingerprint density at radius 2 is 1.50 bits per heavy atom. The van der Waals surface area contributed by atoms with Crippen molar-refractivity contribution < 1.29 is 8.42 Å². The SMILES string of the molecule is CC(C)(C)c1ccc(S(=O)(=O)N2CCC(N(c3nc(N)c4ncn(C5CCCC5)c4n3)[C@H]3CC[C@H](N)CC3)CC2)cc1. The van der Waals surface area contributed by atoms with Gasteiger partial charge < -0.3 is 20.9 Å².